The number of hydrogen-bond acceptors (Lipinski definition) is 6. The predicted molar refractivity (Wildman–Crippen MR) is 122 cm³/mol. The Morgan fingerprint density at radius 2 is 1.70 bits per heavy atom. The minimum Gasteiger partial charge on any atom is -0.323 e. The third-order valence-corrected chi connectivity index (χ3v) is 9.86. The van der Waals surface area contributed by atoms with E-state index in [4.69, 9.17) is 0 Å². The Balaban J connectivity index is 1.55. The summed E-state index contributed by atoms with van der Waals surface area (Å²) in [5, 5.41) is 2.48. The van der Waals surface area contributed by atoms with Crippen molar-refractivity contribution in [3.05, 3.63) is 54.1 Å². The first-order chi connectivity index (χ1) is 15.6. The Bertz CT molecular complexity index is 1300. The Labute approximate surface area is 193 Å². The predicted octanol–water partition coefficient (Wildman–Crippen LogP) is 2.42. The first-order valence-electron chi connectivity index (χ1n) is 10.7. The van der Waals surface area contributed by atoms with E-state index in [2.05, 4.69) is 5.32 Å². The van der Waals surface area contributed by atoms with Crippen LogP contribution < -0.4 is 5.32 Å². The van der Waals surface area contributed by atoms with E-state index in [1.54, 1.807) is 18.2 Å². The third-order valence-electron chi connectivity index (χ3n) is 6.11. The number of carbonyl (C=O) groups excluding carboxylic acids is 2. The number of nitrogens with zero attached hydrogens (tertiary/aromatic N) is 2. The van der Waals surface area contributed by atoms with E-state index >= 15 is 0 Å². The molecule has 2 aromatic carbocycles. The summed E-state index contributed by atoms with van der Waals surface area (Å²) < 4.78 is 53.8. The first-order valence-corrected chi connectivity index (χ1v) is 13.5. The lowest BCUT2D eigenvalue weighted by Gasteiger charge is -2.31. The molecule has 0 unspecified atom stereocenters. The van der Waals surface area contributed by atoms with Gasteiger partial charge in [-0.3, -0.25) is 9.59 Å². The van der Waals surface area contributed by atoms with Crippen LogP contribution in [0, 0.1) is 0 Å². The highest BCUT2D eigenvalue weighted by Crippen LogP contribution is 2.31. The summed E-state index contributed by atoms with van der Waals surface area (Å²) >= 11 is 0. The summed E-state index contributed by atoms with van der Waals surface area (Å²) in [6, 6.07) is 11.6. The van der Waals surface area contributed by atoms with Gasteiger partial charge in [0.1, 0.15) is 16.3 Å². The zero-order valence-corrected chi connectivity index (χ0v) is 19.7. The van der Waals surface area contributed by atoms with Gasteiger partial charge in [-0.15, -0.1) is 0 Å². The second kappa shape index (κ2) is 8.88. The molecule has 11 heteroatoms. The molecule has 4 rings (SSSR count). The van der Waals surface area contributed by atoms with Crippen molar-refractivity contribution >= 4 is 37.5 Å². The standard InChI is InChI=1S/C22H25N3O6S2/c1-24(16-9-3-2-4-10-16)32(28,29)20-14-8-6-12-18(20)23-21(26)15-25-22(27)17-11-5-7-13-19(17)33(25,30)31/h5-8,11-14,16H,2-4,9-10,15H2,1H3,(H,23,26). The zero-order valence-electron chi connectivity index (χ0n) is 18.1. The van der Waals surface area contributed by atoms with Gasteiger partial charge < -0.3 is 5.32 Å². The molecule has 1 aliphatic heterocycles. The van der Waals surface area contributed by atoms with Gasteiger partial charge in [-0.1, -0.05) is 43.5 Å². The van der Waals surface area contributed by atoms with Crippen LogP contribution >= 0.6 is 0 Å². The average molecular weight is 492 g/mol. The lowest BCUT2D eigenvalue weighted by molar-refractivity contribution is -0.116. The number of amides is 2. The van der Waals surface area contributed by atoms with Gasteiger partial charge in [-0.25, -0.2) is 21.1 Å². The summed E-state index contributed by atoms with van der Waals surface area (Å²) in [7, 11) is -6.51. The fourth-order valence-corrected chi connectivity index (χ4v) is 7.38. The number of carbonyl (C=O) groups is 2. The van der Waals surface area contributed by atoms with Crippen LogP contribution in [0.1, 0.15) is 42.5 Å². The molecule has 1 N–H and O–H groups in total. The molecule has 0 atom stereocenters. The highest BCUT2D eigenvalue weighted by molar-refractivity contribution is 7.90. The molecular formula is C22H25N3O6S2. The number of benzene rings is 2. The zero-order chi connectivity index (χ0) is 23.8. The maximum Gasteiger partial charge on any atom is 0.269 e. The molecule has 2 aromatic rings. The van der Waals surface area contributed by atoms with Gasteiger partial charge in [0.25, 0.3) is 15.9 Å². The Morgan fingerprint density at radius 3 is 2.39 bits per heavy atom. The molecule has 0 saturated heterocycles. The van der Waals surface area contributed by atoms with Crippen molar-refractivity contribution in [2.75, 3.05) is 18.9 Å². The van der Waals surface area contributed by atoms with Crippen LogP contribution in [-0.2, 0) is 24.8 Å². The number of nitrogens with one attached hydrogen (secondary N) is 1. The minimum absolute atomic E-state index is 0.00221. The number of anilines is 1. The fraction of sp³-hybridized carbons (Fsp3) is 0.364. The molecule has 9 nitrogen and oxygen atoms in total. The molecule has 1 aliphatic carbocycles. The van der Waals surface area contributed by atoms with Crippen molar-refractivity contribution < 1.29 is 26.4 Å². The molecule has 176 valence electrons. The maximum absolute atomic E-state index is 13.3. The topological polar surface area (TPSA) is 121 Å². The van der Waals surface area contributed by atoms with Crippen molar-refractivity contribution in [1.29, 1.82) is 0 Å². The number of fused-ring (bicyclic) bond motifs is 1. The van der Waals surface area contributed by atoms with Gasteiger partial charge >= 0.3 is 0 Å². The van der Waals surface area contributed by atoms with Crippen LogP contribution in [0.2, 0.25) is 0 Å². The van der Waals surface area contributed by atoms with Crippen molar-refractivity contribution in [3.8, 4) is 0 Å². The Hall–Kier alpha value is -2.76. The van der Waals surface area contributed by atoms with Gasteiger partial charge in [0, 0.05) is 13.1 Å². The molecule has 0 bridgehead atoms. The smallest absolute Gasteiger partial charge is 0.269 e. The van der Waals surface area contributed by atoms with Crippen LogP contribution in [0.25, 0.3) is 0 Å². The van der Waals surface area contributed by atoms with Crippen LogP contribution in [0.4, 0.5) is 5.69 Å². The second-order valence-electron chi connectivity index (χ2n) is 8.17. The van der Waals surface area contributed by atoms with E-state index in [1.807, 2.05) is 0 Å². The molecule has 0 radical (unpaired) electrons. The third kappa shape index (κ3) is 4.28. The first kappa shape index (κ1) is 23.4. The molecule has 2 aliphatic rings. The van der Waals surface area contributed by atoms with Crippen molar-refractivity contribution in [3.63, 3.8) is 0 Å². The molecule has 2 amide bonds. The SMILES string of the molecule is CN(C1CCCCC1)S(=O)(=O)c1ccccc1NC(=O)CN1C(=O)c2ccccc2S1(=O)=O. The number of para-hydroxylation sites is 1. The Morgan fingerprint density at radius 1 is 1.06 bits per heavy atom. The van der Waals surface area contributed by atoms with E-state index in [1.165, 1.54) is 41.7 Å². The summed E-state index contributed by atoms with van der Waals surface area (Å²) in [6.07, 6.45) is 4.56. The normalized spacial score (nSPS) is 18.4. The summed E-state index contributed by atoms with van der Waals surface area (Å²) in [6.45, 7) is -0.761. The molecule has 0 aromatic heterocycles. The van der Waals surface area contributed by atoms with Crippen LogP contribution in [-0.4, -0.2) is 56.9 Å². The van der Waals surface area contributed by atoms with E-state index in [9.17, 15) is 26.4 Å². The molecular weight excluding hydrogens is 466 g/mol. The molecule has 1 heterocycles. The van der Waals surface area contributed by atoms with Gasteiger partial charge in [0.2, 0.25) is 15.9 Å². The van der Waals surface area contributed by atoms with Crippen molar-refractivity contribution in [2.24, 2.45) is 0 Å². The minimum atomic E-state index is -4.15. The second-order valence-corrected chi connectivity index (χ2v) is 12.0. The molecule has 1 fully saturated rings. The van der Waals surface area contributed by atoms with Crippen LogP contribution in [0.15, 0.2) is 58.3 Å². The molecule has 1 saturated carbocycles. The Kier molecular flexibility index (Phi) is 6.30. The van der Waals surface area contributed by atoms with E-state index in [0.717, 1.165) is 32.1 Å². The lowest BCUT2D eigenvalue weighted by atomic mass is 9.96. The summed E-state index contributed by atoms with van der Waals surface area (Å²) in [4.78, 5) is 25.0. The van der Waals surface area contributed by atoms with Gasteiger partial charge in [0.15, 0.2) is 0 Å². The van der Waals surface area contributed by atoms with E-state index in [-0.39, 0.29) is 27.1 Å². The monoisotopic (exact) mass is 491 g/mol. The van der Waals surface area contributed by atoms with Gasteiger partial charge in [0.05, 0.1) is 11.3 Å². The highest BCUT2D eigenvalue weighted by Gasteiger charge is 2.42. The number of rotatable bonds is 6. The quantitative estimate of drug-likeness (QED) is 0.663. The summed E-state index contributed by atoms with van der Waals surface area (Å²) in [5.74, 6) is -1.61. The maximum atomic E-state index is 13.3. The fourth-order valence-electron chi connectivity index (χ4n) is 4.30. The number of hydrogen-bond donors (Lipinski definition) is 1. The van der Waals surface area contributed by atoms with Gasteiger partial charge in [-0.2, -0.15) is 4.31 Å². The van der Waals surface area contributed by atoms with Crippen molar-refractivity contribution in [2.45, 2.75) is 47.9 Å². The summed E-state index contributed by atoms with van der Waals surface area (Å²) in [5.41, 5.74) is 0.0362. The molecule has 33 heavy (non-hydrogen) atoms. The lowest BCUT2D eigenvalue weighted by Crippen LogP contribution is -2.39. The largest absolute Gasteiger partial charge is 0.323 e. The van der Waals surface area contributed by atoms with Crippen LogP contribution in [0.5, 0.6) is 0 Å². The molecule has 0 spiro atoms. The van der Waals surface area contributed by atoms with E-state index in [0.29, 0.717) is 4.31 Å². The van der Waals surface area contributed by atoms with Crippen LogP contribution in [0.3, 0.4) is 0 Å². The highest BCUT2D eigenvalue weighted by atomic mass is 32.2. The van der Waals surface area contributed by atoms with Crippen molar-refractivity contribution in [1.82, 2.24) is 8.61 Å². The number of sulfonamides is 2. The van der Waals surface area contributed by atoms with Gasteiger partial charge in [-0.05, 0) is 37.1 Å². The van der Waals surface area contributed by atoms with E-state index < -0.39 is 38.4 Å². The average Bonchev–Trinajstić information content (AvgIpc) is 3.00.